The number of furan rings is 1. The van der Waals surface area contributed by atoms with Crippen molar-refractivity contribution in [2.24, 2.45) is 0 Å². The maximum absolute atomic E-state index is 14.6. The summed E-state index contributed by atoms with van der Waals surface area (Å²) in [7, 11) is 0. The number of anilines is 2. The first-order valence-corrected chi connectivity index (χ1v) is 8.21. The van der Waals surface area contributed by atoms with Gasteiger partial charge in [0.15, 0.2) is 17.4 Å². The predicted octanol–water partition coefficient (Wildman–Crippen LogP) is 3.92. The Morgan fingerprint density at radius 3 is 2.07 bits per heavy atom. The molecule has 140 valence electrons. The summed E-state index contributed by atoms with van der Waals surface area (Å²) in [6.45, 7) is 1.64. The van der Waals surface area contributed by atoms with Crippen LogP contribution in [0.4, 0.5) is 20.2 Å². The largest absolute Gasteiger partial charge is 0.459 e. The number of imide groups is 1. The van der Waals surface area contributed by atoms with E-state index in [1.807, 2.05) is 0 Å². The van der Waals surface area contributed by atoms with E-state index in [4.69, 9.17) is 4.42 Å². The number of hydrogen-bond donors (Lipinski definition) is 1. The van der Waals surface area contributed by atoms with Crippen LogP contribution < -0.4 is 10.2 Å². The van der Waals surface area contributed by atoms with Crippen molar-refractivity contribution in [2.75, 3.05) is 10.2 Å². The molecule has 0 bridgehead atoms. The Labute approximate surface area is 157 Å². The van der Waals surface area contributed by atoms with Gasteiger partial charge in [0.2, 0.25) is 0 Å². The molecule has 1 aliphatic rings. The molecule has 0 unspecified atom stereocenters. The molecular formula is C20H12F2N2O4. The van der Waals surface area contributed by atoms with Crippen LogP contribution in [-0.2, 0) is 0 Å². The molecule has 2 heterocycles. The summed E-state index contributed by atoms with van der Waals surface area (Å²) in [5, 5.41) is 2.32. The predicted molar refractivity (Wildman–Crippen MR) is 95.3 cm³/mol. The molecule has 1 aliphatic heterocycles. The van der Waals surface area contributed by atoms with Crippen LogP contribution in [0.1, 0.15) is 36.8 Å². The maximum Gasteiger partial charge on any atom is 0.291 e. The molecule has 6 nitrogen and oxygen atoms in total. The Morgan fingerprint density at radius 2 is 1.57 bits per heavy atom. The molecule has 4 rings (SSSR count). The van der Waals surface area contributed by atoms with Gasteiger partial charge in [-0.2, -0.15) is 0 Å². The van der Waals surface area contributed by atoms with Crippen LogP contribution in [0.25, 0.3) is 0 Å². The lowest BCUT2D eigenvalue weighted by Gasteiger charge is -2.17. The molecule has 0 atom stereocenters. The number of carbonyl (C=O) groups excluding carboxylic acids is 3. The number of nitrogens with one attached hydrogen (secondary N) is 1. The summed E-state index contributed by atoms with van der Waals surface area (Å²) in [5.41, 5.74) is -0.287. The number of amides is 3. The molecule has 1 aromatic heterocycles. The van der Waals surface area contributed by atoms with Crippen LogP contribution in [0.3, 0.4) is 0 Å². The highest BCUT2D eigenvalue weighted by Crippen LogP contribution is 2.34. The Bertz CT molecular complexity index is 1090. The molecule has 0 saturated carbocycles. The van der Waals surface area contributed by atoms with Crippen LogP contribution in [0.5, 0.6) is 0 Å². The standard InChI is InChI=1S/C20H12F2N2O4/c1-10-6-7-28-17(10)18(25)23-11-8-14(21)16(15(22)9-11)24-19(26)12-4-2-3-5-13(12)20(24)27/h2-9H,1H3,(H,23,25). The van der Waals surface area contributed by atoms with Crippen molar-refractivity contribution in [3.05, 3.63) is 82.8 Å². The van der Waals surface area contributed by atoms with E-state index in [1.54, 1.807) is 25.1 Å². The van der Waals surface area contributed by atoms with Crippen molar-refractivity contribution in [1.82, 2.24) is 0 Å². The summed E-state index contributed by atoms with van der Waals surface area (Å²) in [6, 6.07) is 9.15. The van der Waals surface area contributed by atoms with E-state index in [0.717, 1.165) is 12.1 Å². The summed E-state index contributed by atoms with van der Waals surface area (Å²) >= 11 is 0. The number of carbonyl (C=O) groups is 3. The maximum atomic E-state index is 14.6. The number of halogens is 2. The number of fused-ring (bicyclic) bond motifs is 1. The Balaban J connectivity index is 1.68. The van der Waals surface area contributed by atoms with Crippen LogP contribution in [-0.4, -0.2) is 17.7 Å². The van der Waals surface area contributed by atoms with Gasteiger partial charge in [0.1, 0.15) is 5.69 Å². The highest BCUT2D eigenvalue weighted by Gasteiger charge is 2.39. The zero-order chi connectivity index (χ0) is 20.0. The van der Waals surface area contributed by atoms with Gasteiger partial charge in [-0.1, -0.05) is 12.1 Å². The lowest BCUT2D eigenvalue weighted by Crippen LogP contribution is -2.31. The fraction of sp³-hybridized carbons (Fsp3) is 0.0500. The van der Waals surface area contributed by atoms with Gasteiger partial charge >= 0.3 is 0 Å². The fourth-order valence-corrected chi connectivity index (χ4v) is 3.04. The van der Waals surface area contributed by atoms with Gasteiger partial charge in [-0.3, -0.25) is 14.4 Å². The van der Waals surface area contributed by atoms with Crippen molar-refractivity contribution in [1.29, 1.82) is 0 Å². The fourth-order valence-electron chi connectivity index (χ4n) is 3.04. The first kappa shape index (κ1) is 17.6. The molecule has 3 aromatic rings. The first-order valence-electron chi connectivity index (χ1n) is 8.21. The molecule has 0 spiro atoms. The third-order valence-electron chi connectivity index (χ3n) is 4.36. The van der Waals surface area contributed by atoms with Crippen LogP contribution in [0.2, 0.25) is 0 Å². The first-order chi connectivity index (χ1) is 13.4. The monoisotopic (exact) mass is 382 g/mol. The number of benzene rings is 2. The van der Waals surface area contributed by atoms with Gasteiger partial charge in [-0.05, 0) is 37.3 Å². The quantitative estimate of drug-likeness (QED) is 0.697. The minimum atomic E-state index is -1.17. The molecule has 28 heavy (non-hydrogen) atoms. The summed E-state index contributed by atoms with van der Waals surface area (Å²) in [4.78, 5) is 37.5. The van der Waals surface area contributed by atoms with Gasteiger partial charge in [-0.25, -0.2) is 13.7 Å². The topological polar surface area (TPSA) is 79.6 Å². The number of aryl methyl sites for hydroxylation is 1. The molecule has 0 radical (unpaired) electrons. The highest BCUT2D eigenvalue weighted by atomic mass is 19.1. The zero-order valence-corrected chi connectivity index (χ0v) is 14.5. The molecule has 8 heteroatoms. The average molecular weight is 382 g/mol. The zero-order valence-electron chi connectivity index (χ0n) is 14.5. The van der Waals surface area contributed by atoms with Crippen LogP contribution in [0, 0.1) is 18.6 Å². The number of rotatable bonds is 3. The second kappa shape index (κ2) is 6.41. The van der Waals surface area contributed by atoms with Gasteiger partial charge in [-0.15, -0.1) is 0 Å². The molecule has 2 aromatic carbocycles. The molecule has 0 saturated heterocycles. The van der Waals surface area contributed by atoms with E-state index in [1.165, 1.54) is 18.4 Å². The third-order valence-corrected chi connectivity index (χ3v) is 4.36. The minimum Gasteiger partial charge on any atom is -0.459 e. The lowest BCUT2D eigenvalue weighted by molar-refractivity contribution is 0.0921. The van der Waals surface area contributed by atoms with E-state index >= 15 is 0 Å². The van der Waals surface area contributed by atoms with Gasteiger partial charge in [0.25, 0.3) is 17.7 Å². The van der Waals surface area contributed by atoms with Crippen molar-refractivity contribution in [3.8, 4) is 0 Å². The Hall–Kier alpha value is -3.81. The molecule has 0 aliphatic carbocycles. The van der Waals surface area contributed by atoms with E-state index in [0.29, 0.717) is 10.5 Å². The summed E-state index contributed by atoms with van der Waals surface area (Å²) < 4.78 is 34.3. The van der Waals surface area contributed by atoms with Crippen LogP contribution in [0.15, 0.2) is 53.1 Å². The van der Waals surface area contributed by atoms with Gasteiger partial charge in [0.05, 0.1) is 17.4 Å². The smallest absolute Gasteiger partial charge is 0.291 e. The Kier molecular flexibility index (Phi) is 4.03. The van der Waals surface area contributed by atoms with Crippen LogP contribution >= 0.6 is 0 Å². The van der Waals surface area contributed by atoms with E-state index in [9.17, 15) is 23.2 Å². The van der Waals surface area contributed by atoms with E-state index in [2.05, 4.69) is 5.32 Å². The molecule has 0 fully saturated rings. The van der Waals surface area contributed by atoms with Crippen molar-refractivity contribution >= 4 is 29.1 Å². The lowest BCUT2D eigenvalue weighted by atomic mass is 10.1. The second-order valence-corrected chi connectivity index (χ2v) is 6.17. The summed E-state index contributed by atoms with van der Waals surface area (Å²) in [6.07, 6.45) is 1.32. The van der Waals surface area contributed by atoms with Crippen molar-refractivity contribution < 1.29 is 27.6 Å². The average Bonchev–Trinajstić information content (AvgIpc) is 3.18. The normalized spacial score (nSPS) is 13.0. The van der Waals surface area contributed by atoms with Gasteiger partial charge in [0, 0.05) is 11.3 Å². The van der Waals surface area contributed by atoms with Crippen molar-refractivity contribution in [3.63, 3.8) is 0 Å². The SMILES string of the molecule is Cc1ccoc1C(=O)Nc1cc(F)c(N2C(=O)c3ccccc3C2=O)c(F)c1. The second-order valence-electron chi connectivity index (χ2n) is 6.17. The molecule has 3 amide bonds. The molecule has 1 N–H and O–H groups in total. The Morgan fingerprint density at radius 1 is 1.00 bits per heavy atom. The number of nitrogens with zero attached hydrogens (tertiary/aromatic N) is 1. The van der Waals surface area contributed by atoms with E-state index in [-0.39, 0.29) is 22.6 Å². The van der Waals surface area contributed by atoms with Gasteiger partial charge < -0.3 is 9.73 Å². The number of hydrogen-bond acceptors (Lipinski definition) is 4. The highest BCUT2D eigenvalue weighted by molar-refractivity contribution is 6.34. The van der Waals surface area contributed by atoms with E-state index < -0.39 is 35.0 Å². The minimum absolute atomic E-state index is 0.00485. The summed E-state index contributed by atoms with van der Waals surface area (Å²) in [5.74, 6) is -4.65. The third kappa shape index (κ3) is 2.66. The van der Waals surface area contributed by atoms with Crippen molar-refractivity contribution in [2.45, 2.75) is 6.92 Å². The molecular weight excluding hydrogens is 370 g/mol.